The first-order valence-electron chi connectivity index (χ1n) is 8.39. The van der Waals surface area contributed by atoms with Gasteiger partial charge in [-0.1, -0.05) is 0 Å². The van der Waals surface area contributed by atoms with Gasteiger partial charge in [-0.15, -0.1) is 0 Å². The minimum atomic E-state index is 0.782. The monoisotopic (exact) mass is 282 g/mol. The van der Waals surface area contributed by atoms with Crippen LogP contribution in [-0.2, 0) is 4.74 Å². The van der Waals surface area contributed by atoms with Gasteiger partial charge in [-0.25, -0.2) is 0 Å². The van der Waals surface area contributed by atoms with Crippen molar-refractivity contribution in [1.82, 2.24) is 20.0 Å². The Bertz CT molecular complexity index is 275. The lowest BCUT2D eigenvalue weighted by molar-refractivity contribution is 0.0184. The number of rotatable bonds is 4. The van der Waals surface area contributed by atoms with Gasteiger partial charge in [0.05, 0.1) is 13.2 Å². The van der Waals surface area contributed by atoms with E-state index in [1.165, 1.54) is 58.7 Å². The Kier molecular flexibility index (Phi) is 5.67. The lowest BCUT2D eigenvalue weighted by Gasteiger charge is -2.32. The van der Waals surface area contributed by atoms with Crippen LogP contribution in [-0.4, -0.2) is 99.4 Å². The van der Waals surface area contributed by atoms with Gasteiger partial charge in [-0.3, -0.25) is 4.90 Å². The molecule has 116 valence electrons. The molecule has 3 saturated heterocycles. The Hall–Kier alpha value is -0.200. The van der Waals surface area contributed by atoms with Crippen molar-refractivity contribution in [2.24, 2.45) is 0 Å². The van der Waals surface area contributed by atoms with Gasteiger partial charge in [0.25, 0.3) is 0 Å². The Morgan fingerprint density at radius 1 is 0.900 bits per heavy atom. The molecule has 0 aromatic carbocycles. The van der Waals surface area contributed by atoms with Crippen LogP contribution < -0.4 is 5.32 Å². The minimum Gasteiger partial charge on any atom is -0.379 e. The molecule has 0 bridgehead atoms. The van der Waals surface area contributed by atoms with Crippen LogP contribution >= 0.6 is 0 Å². The largest absolute Gasteiger partial charge is 0.379 e. The maximum atomic E-state index is 5.46. The van der Waals surface area contributed by atoms with Gasteiger partial charge in [-0.2, -0.15) is 0 Å². The fourth-order valence-electron chi connectivity index (χ4n) is 3.66. The predicted octanol–water partition coefficient (Wildman–Crippen LogP) is -0.312. The highest BCUT2D eigenvalue weighted by atomic mass is 16.5. The van der Waals surface area contributed by atoms with Crippen molar-refractivity contribution in [3.63, 3.8) is 0 Å². The normalized spacial score (nSPS) is 31.5. The van der Waals surface area contributed by atoms with E-state index in [0.29, 0.717) is 0 Å². The van der Waals surface area contributed by atoms with Gasteiger partial charge in [0.15, 0.2) is 0 Å². The molecule has 5 nitrogen and oxygen atoms in total. The highest BCUT2D eigenvalue weighted by Gasteiger charge is 2.28. The van der Waals surface area contributed by atoms with Crippen molar-refractivity contribution in [2.45, 2.75) is 18.9 Å². The van der Waals surface area contributed by atoms with Gasteiger partial charge in [0.1, 0.15) is 0 Å². The third-order valence-corrected chi connectivity index (χ3v) is 4.97. The van der Waals surface area contributed by atoms with Gasteiger partial charge >= 0.3 is 0 Å². The number of hydrogen-bond acceptors (Lipinski definition) is 5. The second-order valence-electron chi connectivity index (χ2n) is 6.34. The molecule has 3 fully saturated rings. The SMILES string of the molecule is C1CNCCN(CCN2CCC(N3CCOCC3)C2)C1. The van der Waals surface area contributed by atoms with Crippen LogP contribution in [0.15, 0.2) is 0 Å². The summed E-state index contributed by atoms with van der Waals surface area (Å²) in [5, 5.41) is 3.48. The molecule has 0 amide bonds. The summed E-state index contributed by atoms with van der Waals surface area (Å²) >= 11 is 0. The van der Waals surface area contributed by atoms with E-state index in [1.807, 2.05) is 0 Å². The summed E-state index contributed by atoms with van der Waals surface area (Å²) in [6.07, 6.45) is 2.65. The van der Waals surface area contributed by atoms with E-state index in [1.54, 1.807) is 0 Å². The van der Waals surface area contributed by atoms with Crippen molar-refractivity contribution in [1.29, 1.82) is 0 Å². The molecule has 0 aromatic heterocycles. The van der Waals surface area contributed by atoms with Crippen molar-refractivity contribution >= 4 is 0 Å². The van der Waals surface area contributed by atoms with E-state index in [4.69, 9.17) is 4.74 Å². The zero-order chi connectivity index (χ0) is 13.6. The number of nitrogens with one attached hydrogen (secondary N) is 1. The topological polar surface area (TPSA) is 31.0 Å². The Morgan fingerprint density at radius 2 is 1.75 bits per heavy atom. The second-order valence-corrected chi connectivity index (χ2v) is 6.34. The summed E-state index contributed by atoms with van der Waals surface area (Å²) in [5.74, 6) is 0. The van der Waals surface area contributed by atoms with Crippen LogP contribution in [0.5, 0.6) is 0 Å². The highest BCUT2D eigenvalue weighted by Crippen LogP contribution is 2.16. The average Bonchev–Trinajstić information content (AvgIpc) is 2.82. The Balaban J connectivity index is 1.36. The molecule has 0 saturated carbocycles. The molecule has 3 aliphatic rings. The molecule has 0 aliphatic carbocycles. The van der Waals surface area contributed by atoms with E-state index < -0.39 is 0 Å². The van der Waals surface area contributed by atoms with Crippen LogP contribution in [0.3, 0.4) is 0 Å². The second kappa shape index (κ2) is 7.71. The van der Waals surface area contributed by atoms with Crippen molar-refractivity contribution < 1.29 is 4.74 Å². The molecule has 0 radical (unpaired) electrons. The van der Waals surface area contributed by atoms with E-state index in [9.17, 15) is 0 Å². The zero-order valence-corrected chi connectivity index (χ0v) is 12.7. The summed E-state index contributed by atoms with van der Waals surface area (Å²) in [4.78, 5) is 7.93. The average molecular weight is 282 g/mol. The lowest BCUT2D eigenvalue weighted by Crippen LogP contribution is -2.45. The molecular formula is C15H30N4O. The Labute approximate surface area is 123 Å². The lowest BCUT2D eigenvalue weighted by atomic mass is 10.2. The third kappa shape index (κ3) is 4.15. The molecule has 0 aromatic rings. The van der Waals surface area contributed by atoms with Gasteiger partial charge in [0, 0.05) is 51.9 Å². The number of ether oxygens (including phenoxy) is 1. The van der Waals surface area contributed by atoms with Crippen LogP contribution in [0.1, 0.15) is 12.8 Å². The number of morpholine rings is 1. The predicted molar refractivity (Wildman–Crippen MR) is 81.2 cm³/mol. The summed E-state index contributed by atoms with van der Waals surface area (Å²) in [7, 11) is 0. The number of likely N-dealkylation sites (tertiary alicyclic amines) is 1. The first kappa shape index (κ1) is 14.7. The van der Waals surface area contributed by atoms with Crippen molar-refractivity contribution in [3.05, 3.63) is 0 Å². The van der Waals surface area contributed by atoms with Gasteiger partial charge in [-0.05, 0) is 32.5 Å². The third-order valence-electron chi connectivity index (χ3n) is 4.97. The van der Waals surface area contributed by atoms with Crippen LogP contribution in [0.2, 0.25) is 0 Å². The fraction of sp³-hybridized carbons (Fsp3) is 1.00. The quantitative estimate of drug-likeness (QED) is 0.764. The molecule has 5 heteroatoms. The first-order chi connectivity index (χ1) is 9.92. The maximum Gasteiger partial charge on any atom is 0.0594 e. The number of nitrogens with zero attached hydrogens (tertiary/aromatic N) is 3. The molecule has 3 aliphatic heterocycles. The molecule has 20 heavy (non-hydrogen) atoms. The fourth-order valence-corrected chi connectivity index (χ4v) is 3.66. The standard InChI is InChI=1S/C15H30N4O/c1-3-16-4-7-17(5-1)8-9-18-6-2-15(14-18)19-10-12-20-13-11-19/h15-16H,1-14H2. The van der Waals surface area contributed by atoms with E-state index in [-0.39, 0.29) is 0 Å². The van der Waals surface area contributed by atoms with Crippen LogP contribution in [0.4, 0.5) is 0 Å². The highest BCUT2D eigenvalue weighted by molar-refractivity contribution is 4.85. The molecule has 1 N–H and O–H groups in total. The maximum absolute atomic E-state index is 5.46. The summed E-state index contributed by atoms with van der Waals surface area (Å²) in [5.41, 5.74) is 0. The summed E-state index contributed by atoms with van der Waals surface area (Å²) in [6.45, 7) is 14.0. The molecule has 3 rings (SSSR count). The molecule has 1 atom stereocenters. The molecule has 1 unspecified atom stereocenters. The summed E-state index contributed by atoms with van der Waals surface area (Å²) < 4.78 is 5.46. The van der Waals surface area contributed by atoms with E-state index >= 15 is 0 Å². The first-order valence-corrected chi connectivity index (χ1v) is 8.39. The summed E-state index contributed by atoms with van der Waals surface area (Å²) in [6, 6.07) is 0.782. The van der Waals surface area contributed by atoms with E-state index in [2.05, 4.69) is 20.0 Å². The number of hydrogen-bond donors (Lipinski definition) is 1. The van der Waals surface area contributed by atoms with Crippen LogP contribution in [0.25, 0.3) is 0 Å². The zero-order valence-electron chi connectivity index (χ0n) is 12.7. The van der Waals surface area contributed by atoms with Crippen molar-refractivity contribution in [3.8, 4) is 0 Å². The molecule has 0 spiro atoms. The van der Waals surface area contributed by atoms with E-state index in [0.717, 1.165) is 38.9 Å². The van der Waals surface area contributed by atoms with Gasteiger partial charge in [0.2, 0.25) is 0 Å². The Morgan fingerprint density at radius 3 is 2.65 bits per heavy atom. The van der Waals surface area contributed by atoms with Crippen molar-refractivity contribution in [2.75, 3.05) is 78.7 Å². The molecule has 3 heterocycles. The molecular weight excluding hydrogens is 252 g/mol. The smallest absolute Gasteiger partial charge is 0.0594 e. The van der Waals surface area contributed by atoms with Crippen LogP contribution in [0, 0.1) is 0 Å². The minimum absolute atomic E-state index is 0.782. The van der Waals surface area contributed by atoms with Gasteiger partial charge < -0.3 is 19.9 Å².